The molecule has 0 atom stereocenters. The zero-order valence-corrected chi connectivity index (χ0v) is 36.9. The highest BCUT2D eigenvalue weighted by atomic mass is 30.3. The average Bonchev–Trinajstić information content (AvgIpc) is 2.01. The summed E-state index contributed by atoms with van der Waals surface area (Å²) in [5, 5.41) is 0. The molecule has 0 heterocycles. The fourth-order valence-electron chi connectivity index (χ4n) is 0.750. The van der Waals surface area contributed by atoms with Crippen LogP contribution < -0.4 is 0 Å². The van der Waals surface area contributed by atoms with Crippen LogP contribution in [-0.4, -0.2) is 131 Å². The van der Waals surface area contributed by atoms with Gasteiger partial charge in [0.05, 0.1) is 0 Å². The minimum atomic E-state index is -0.129. The van der Waals surface area contributed by atoms with Gasteiger partial charge < -0.3 is 0 Å². The lowest BCUT2D eigenvalue weighted by molar-refractivity contribution is 3.59. The van der Waals surface area contributed by atoms with E-state index in [1.807, 2.05) is 0 Å². The van der Waals surface area contributed by atoms with Crippen LogP contribution in [0.2, 0.25) is 0 Å². The second-order valence-electron chi connectivity index (χ2n) is 6.45. The second-order valence-corrected chi connectivity index (χ2v) is 174. The standard InChI is InChI=1S/H18Si9.H12Si6/c1-7(2)8(3)9(4,5)6;1-5-6(2,3)4/h1-6H3;5H,1H2,2-4H3. The number of hydrogen-bond acceptors (Lipinski definition) is 0. The molecule has 15 heavy (non-hydrogen) atoms. The molecule has 0 aromatic rings. The molecule has 0 radical (unpaired) electrons. The lowest BCUT2D eigenvalue weighted by Gasteiger charge is -2.17. The molecule has 0 saturated heterocycles. The van der Waals surface area contributed by atoms with Gasteiger partial charge in [0.1, 0.15) is 0 Å². The first-order valence-corrected chi connectivity index (χ1v) is 51.3. The summed E-state index contributed by atoms with van der Waals surface area (Å²) in [7, 11) is 18.4. The first-order valence-electron chi connectivity index (χ1n) is 5.70. The summed E-state index contributed by atoms with van der Waals surface area (Å²) in [6.07, 6.45) is -0.248. The van der Waals surface area contributed by atoms with Crippen LogP contribution in [0.15, 0.2) is 0 Å². The first kappa shape index (κ1) is 20.6. The topological polar surface area (TPSA) is 0 Å². The Bertz CT molecular complexity index is 211. The molecule has 0 nitrogen and oxygen atoms in total. The molecule has 0 aliphatic carbocycles. The summed E-state index contributed by atoms with van der Waals surface area (Å²) >= 11 is 0. The second kappa shape index (κ2) is 9.20. The Morgan fingerprint density at radius 3 is 1.13 bits per heavy atom. The van der Waals surface area contributed by atoms with E-state index in [-0.39, 0.29) is 12.3 Å². The zero-order chi connectivity index (χ0) is 12.9. The summed E-state index contributed by atoms with van der Waals surface area (Å²) < 4.78 is 0. The highest BCUT2D eigenvalue weighted by molar-refractivity contribution is 7.92. The lowest BCUT2D eigenvalue weighted by atomic mass is 25.9. The van der Waals surface area contributed by atoms with Gasteiger partial charge in [0.25, 0.3) is 0 Å². The minimum absolute atomic E-state index is 0.119. The summed E-state index contributed by atoms with van der Waals surface area (Å²) in [5.41, 5.74) is 0. The third-order valence-corrected chi connectivity index (χ3v) is 201. The van der Waals surface area contributed by atoms with Gasteiger partial charge in [0, 0.05) is 41.6 Å². The lowest BCUT2D eigenvalue weighted by Crippen LogP contribution is -2.54. The maximum atomic E-state index is 2.29. The van der Waals surface area contributed by atoms with E-state index in [0.29, 0.717) is 13.9 Å². The van der Waals surface area contributed by atoms with E-state index < -0.39 is 0 Å². The molecule has 0 amide bonds. The van der Waals surface area contributed by atoms with Crippen molar-refractivity contribution in [1.82, 2.24) is 0 Å². The first-order chi connectivity index (χ1) is 6.41. The molecule has 0 unspecified atom stereocenters. The highest BCUT2D eigenvalue weighted by Gasteiger charge is 2.15. The van der Waals surface area contributed by atoms with Gasteiger partial charge in [-0.25, -0.2) is 0 Å². The van der Waals surface area contributed by atoms with Gasteiger partial charge in [-0.1, -0.05) is 31.3 Å². The summed E-state index contributed by atoms with van der Waals surface area (Å²) in [6, 6.07) is 0. The van der Waals surface area contributed by atoms with E-state index in [2.05, 4.69) is 9.34 Å². The van der Waals surface area contributed by atoms with Gasteiger partial charge in [0.2, 0.25) is 0 Å². The molecule has 90 valence electrons. The van der Waals surface area contributed by atoms with Crippen LogP contribution in [0.5, 0.6) is 0 Å². The Hall–Kier alpha value is 3.25. The molecule has 0 bridgehead atoms. The maximum Gasteiger partial charge on any atom is 0.0103 e. The van der Waals surface area contributed by atoms with E-state index in [1.54, 1.807) is 87.8 Å². The molecule has 0 fully saturated rings. The maximum absolute atomic E-state index is 2.29. The molecule has 0 spiro atoms. The van der Waals surface area contributed by atoms with Gasteiger partial charge in [-0.05, 0) is 58.6 Å². The van der Waals surface area contributed by atoms with E-state index in [0.717, 1.165) is 8.13 Å². The zero-order valence-electron chi connectivity index (χ0n) is 12.3. The Morgan fingerprint density at radius 2 is 1.13 bits per heavy atom. The predicted octanol–water partition coefficient (Wildman–Crippen LogP) is -13.7. The molecule has 0 aromatic heterocycles. The smallest absolute Gasteiger partial charge is 0.0103 e. The fraction of sp³-hybridized carbons (Fsp3) is 0. The molecule has 15 heteroatoms. The number of hydrogen-bond donors (Lipinski definition) is 0. The molecule has 0 N–H and O–H groups in total. The van der Waals surface area contributed by atoms with Crippen molar-refractivity contribution in [3.05, 3.63) is 0 Å². The quantitative estimate of drug-likeness (QED) is 0.366. The average molecular weight is 452 g/mol. The van der Waals surface area contributed by atoms with Crippen molar-refractivity contribution in [1.29, 1.82) is 0 Å². The SMILES string of the molecule is [SiH2]=[SiH][Si]([SiH3])([SiH3])[SiH3].[SiH3][Si]([SiH3])=[Si]([SiH3])[Si]([SiH3])([SiH3])[SiH3]. The Labute approximate surface area is 130 Å². The molecule has 0 saturated carbocycles. The third kappa shape index (κ3) is 15.2. The predicted molar refractivity (Wildman–Crippen MR) is 128 cm³/mol. The summed E-state index contributed by atoms with van der Waals surface area (Å²) in [4.78, 5) is 0. The molecular formula is H30Si15. The van der Waals surface area contributed by atoms with E-state index in [1.165, 1.54) is 0 Å². The molecule has 0 aromatic carbocycles. The largest absolute Gasteiger partial charge is 0.0570 e. The monoisotopic (exact) mass is 450 g/mol. The normalized spacial score (nSPS) is 19.5. The van der Waals surface area contributed by atoms with Crippen molar-refractivity contribution in [3.8, 4) is 0 Å². The fourth-order valence-corrected chi connectivity index (χ4v) is 182. The van der Waals surface area contributed by atoms with Crippen molar-refractivity contribution in [2.45, 2.75) is 0 Å². The van der Waals surface area contributed by atoms with Crippen LogP contribution in [0, 0.1) is 0 Å². The number of rotatable bonds is 2. The van der Waals surface area contributed by atoms with Crippen LogP contribution in [0.3, 0.4) is 0 Å². The third-order valence-electron chi connectivity index (χ3n) is 2.49. The minimum Gasteiger partial charge on any atom is -0.0570 e. The van der Waals surface area contributed by atoms with Crippen molar-refractivity contribution < 1.29 is 0 Å². The van der Waals surface area contributed by atoms with E-state index in [4.69, 9.17) is 0 Å². The van der Waals surface area contributed by atoms with Crippen LogP contribution in [-0.2, 0) is 0 Å². The Morgan fingerprint density at radius 1 is 0.867 bits per heavy atom. The van der Waals surface area contributed by atoms with Crippen molar-refractivity contribution in [2.24, 2.45) is 0 Å². The summed E-state index contributed by atoms with van der Waals surface area (Å²) in [5.74, 6) is 0. The van der Waals surface area contributed by atoms with Gasteiger partial charge in [-0.15, -0.1) is 0 Å². The van der Waals surface area contributed by atoms with Crippen LogP contribution >= 0.6 is 0 Å². The Balaban J connectivity index is 0. The molecular weight excluding hydrogens is 421 g/mol. The van der Waals surface area contributed by atoms with E-state index in [9.17, 15) is 0 Å². The van der Waals surface area contributed by atoms with Crippen LogP contribution in [0.25, 0.3) is 0 Å². The van der Waals surface area contributed by atoms with Crippen LogP contribution in [0.4, 0.5) is 0 Å². The van der Waals surface area contributed by atoms with Crippen LogP contribution in [0.1, 0.15) is 0 Å². The van der Waals surface area contributed by atoms with Gasteiger partial charge in [0.15, 0.2) is 0 Å². The summed E-state index contributed by atoms with van der Waals surface area (Å²) in [6.45, 7) is 1.10. The van der Waals surface area contributed by atoms with Crippen molar-refractivity contribution in [2.75, 3.05) is 0 Å². The van der Waals surface area contributed by atoms with Crippen molar-refractivity contribution >= 4 is 131 Å². The van der Waals surface area contributed by atoms with E-state index >= 15 is 0 Å². The van der Waals surface area contributed by atoms with Gasteiger partial charge in [-0.2, -0.15) is 0 Å². The van der Waals surface area contributed by atoms with Gasteiger partial charge in [-0.3, -0.25) is 0 Å². The molecule has 0 aliphatic heterocycles. The highest BCUT2D eigenvalue weighted by Crippen LogP contribution is 1.78. The molecule has 0 aliphatic rings. The van der Waals surface area contributed by atoms with Crippen molar-refractivity contribution in [3.63, 3.8) is 0 Å². The Kier molecular flexibility index (Phi) is 12.6. The molecule has 0 rings (SSSR count). The van der Waals surface area contributed by atoms with Gasteiger partial charge >= 0.3 is 0 Å².